The SMILES string of the molecule is ClC1C2C(Cl)(Cl)C(Cl)(Cl)C(Cl)(Cl)C2(Cl)C(Cl)(Cl)C1(Cl)Cl. The molecule has 3 unspecified atom stereocenters. The summed E-state index contributed by atoms with van der Waals surface area (Å²) >= 11 is 74.4. The van der Waals surface area contributed by atoms with E-state index in [1.807, 2.05) is 0 Å². The summed E-state index contributed by atoms with van der Waals surface area (Å²) in [6, 6.07) is 0. The van der Waals surface area contributed by atoms with E-state index in [0.717, 1.165) is 0 Å². The molecular weight excluding hydrogens is 522 g/mol. The van der Waals surface area contributed by atoms with Gasteiger partial charge in [-0.25, -0.2) is 0 Å². The first-order valence-corrected chi connectivity index (χ1v) is 9.34. The minimum Gasteiger partial charge on any atom is -0.119 e. The predicted molar refractivity (Wildman–Crippen MR) is 93.9 cm³/mol. The van der Waals surface area contributed by atoms with Crippen molar-refractivity contribution in [2.45, 2.75) is 31.9 Å². The second-order valence-electron chi connectivity index (χ2n) is 4.56. The van der Waals surface area contributed by atoms with Crippen LogP contribution in [0.15, 0.2) is 0 Å². The Labute approximate surface area is 175 Å². The normalized spacial score (nSPS) is 46.2. The Morgan fingerprint density at radius 1 is 0.500 bits per heavy atom. The topological polar surface area (TPSA) is 0 Å². The quantitative estimate of drug-likeness (QED) is 0.298. The summed E-state index contributed by atoms with van der Waals surface area (Å²) in [5.74, 6) is -1.21. The Morgan fingerprint density at radius 2 is 0.900 bits per heavy atom. The Morgan fingerprint density at radius 3 is 1.25 bits per heavy atom. The summed E-state index contributed by atoms with van der Waals surface area (Å²) in [7, 11) is 0. The molecule has 0 bridgehead atoms. The van der Waals surface area contributed by atoms with Gasteiger partial charge >= 0.3 is 0 Å². The van der Waals surface area contributed by atoms with Gasteiger partial charge in [0.1, 0.15) is 4.87 Å². The zero-order valence-corrected chi connectivity index (χ0v) is 17.8. The molecule has 0 aromatic heterocycles. The zero-order valence-electron chi connectivity index (χ0n) is 8.69. The molecule has 0 amide bonds. The van der Waals surface area contributed by atoms with Crippen LogP contribution in [0.25, 0.3) is 0 Å². The number of hydrogen-bond donors (Lipinski definition) is 0. The zero-order chi connectivity index (χ0) is 16.2. The summed E-state index contributed by atoms with van der Waals surface area (Å²) in [6.45, 7) is 0. The van der Waals surface area contributed by atoms with Crippen LogP contribution in [0.1, 0.15) is 0 Å². The van der Waals surface area contributed by atoms with E-state index in [1.165, 1.54) is 0 Å². The maximum atomic E-state index is 6.48. The standard InChI is InChI=1S/C8H2Cl12/c9-2-1-3(10,6(15,16)5(2,13)14)7(17,18)8(19,20)4(1,11)12/h1-2H. The number of hydrogen-bond acceptors (Lipinski definition) is 0. The number of fused-ring (bicyclic) bond motifs is 1. The van der Waals surface area contributed by atoms with Crippen LogP contribution in [0.4, 0.5) is 0 Å². The van der Waals surface area contributed by atoms with Crippen molar-refractivity contribution in [2.75, 3.05) is 0 Å². The Hall–Kier alpha value is 3.48. The lowest BCUT2D eigenvalue weighted by molar-refractivity contribution is 0.461. The van der Waals surface area contributed by atoms with Crippen LogP contribution in [-0.4, -0.2) is 31.9 Å². The number of halogens is 12. The summed E-state index contributed by atoms with van der Waals surface area (Å²) in [5.41, 5.74) is 0. The second kappa shape index (κ2) is 5.01. The molecule has 118 valence electrons. The number of alkyl halides is 12. The molecule has 0 spiro atoms. The van der Waals surface area contributed by atoms with Crippen LogP contribution in [0.3, 0.4) is 0 Å². The van der Waals surface area contributed by atoms with Gasteiger partial charge in [0.2, 0.25) is 0 Å². The molecule has 0 heterocycles. The fourth-order valence-corrected chi connectivity index (χ4v) is 8.12. The lowest BCUT2D eigenvalue weighted by atomic mass is 9.98. The molecular formula is C8H2Cl12. The van der Waals surface area contributed by atoms with Crippen molar-refractivity contribution in [1.82, 2.24) is 0 Å². The Balaban J connectivity index is 2.84. The molecule has 0 aromatic carbocycles. The Bertz CT molecular complexity index is 452. The molecule has 2 rings (SSSR count). The minimum atomic E-state index is -2.21. The summed E-state index contributed by atoms with van der Waals surface area (Å²) < 4.78 is -10.5. The molecule has 20 heavy (non-hydrogen) atoms. The minimum absolute atomic E-state index is 1.21. The highest BCUT2D eigenvalue weighted by atomic mass is 35.6. The number of rotatable bonds is 0. The van der Waals surface area contributed by atoms with Gasteiger partial charge < -0.3 is 0 Å². The fourth-order valence-electron chi connectivity index (χ4n) is 2.48. The van der Waals surface area contributed by atoms with E-state index >= 15 is 0 Å². The largest absolute Gasteiger partial charge is 0.185 e. The van der Waals surface area contributed by atoms with Gasteiger partial charge in [0.05, 0.1) is 5.38 Å². The monoisotopic (exact) mass is 518 g/mol. The van der Waals surface area contributed by atoms with Crippen molar-refractivity contribution < 1.29 is 0 Å². The van der Waals surface area contributed by atoms with Gasteiger partial charge in [-0.2, -0.15) is 0 Å². The van der Waals surface area contributed by atoms with Gasteiger partial charge in [-0.05, 0) is 0 Å². The summed E-state index contributed by atoms with van der Waals surface area (Å²) in [6.07, 6.45) is 0. The summed E-state index contributed by atoms with van der Waals surface area (Å²) in [5, 5.41) is -1.23. The van der Waals surface area contributed by atoms with E-state index in [0.29, 0.717) is 0 Å². The van der Waals surface area contributed by atoms with Gasteiger partial charge in [0, 0.05) is 5.92 Å². The third-order valence-electron chi connectivity index (χ3n) is 3.60. The maximum absolute atomic E-state index is 6.48. The van der Waals surface area contributed by atoms with Crippen LogP contribution >= 0.6 is 139 Å². The molecule has 0 radical (unpaired) electrons. The van der Waals surface area contributed by atoms with Crippen LogP contribution in [0, 0.1) is 5.92 Å². The van der Waals surface area contributed by atoms with Gasteiger partial charge in [-0.3, -0.25) is 0 Å². The van der Waals surface area contributed by atoms with E-state index in [-0.39, 0.29) is 0 Å². The first-order valence-electron chi connectivity index (χ1n) is 4.75. The van der Waals surface area contributed by atoms with E-state index < -0.39 is 37.8 Å². The molecule has 0 aromatic rings. The van der Waals surface area contributed by atoms with E-state index in [1.54, 1.807) is 0 Å². The van der Waals surface area contributed by atoms with Crippen LogP contribution in [0.2, 0.25) is 0 Å². The fraction of sp³-hybridized carbons (Fsp3) is 1.00. The molecule has 2 saturated carbocycles. The van der Waals surface area contributed by atoms with E-state index in [2.05, 4.69) is 0 Å². The highest BCUT2D eigenvalue weighted by molar-refractivity contribution is 6.77. The van der Waals surface area contributed by atoms with Gasteiger partial charge in [0.15, 0.2) is 21.7 Å². The molecule has 2 aliphatic carbocycles. The van der Waals surface area contributed by atoms with Crippen LogP contribution < -0.4 is 0 Å². The molecule has 0 aliphatic heterocycles. The smallest absolute Gasteiger partial charge is 0.119 e. The van der Waals surface area contributed by atoms with Crippen LogP contribution in [0.5, 0.6) is 0 Å². The van der Waals surface area contributed by atoms with Gasteiger partial charge in [0.25, 0.3) is 0 Å². The average molecular weight is 524 g/mol. The van der Waals surface area contributed by atoms with E-state index in [9.17, 15) is 0 Å². The molecule has 3 atom stereocenters. The average Bonchev–Trinajstić information content (AvgIpc) is 2.40. The lowest BCUT2D eigenvalue weighted by Gasteiger charge is -2.44. The van der Waals surface area contributed by atoms with Crippen LogP contribution in [-0.2, 0) is 0 Å². The van der Waals surface area contributed by atoms with E-state index in [4.69, 9.17) is 139 Å². The molecule has 0 nitrogen and oxygen atoms in total. The highest BCUT2D eigenvalue weighted by Gasteiger charge is 2.93. The molecule has 0 saturated heterocycles. The second-order valence-corrected chi connectivity index (χ2v) is 12.4. The Kier molecular flexibility index (Phi) is 4.96. The molecule has 0 N–H and O–H groups in total. The summed E-state index contributed by atoms with van der Waals surface area (Å²) in [4.78, 5) is -2.02. The molecule has 12 heteroatoms. The third-order valence-corrected chi connectivity index (χ3v) is 12.3. The lowest BCUT2D eigenvalue weighted by Crippen LogP contribution is -2.59. The van der Waals surface area contributed by atoms with Crippen molar-refractivity contribution >= 4 is 139 Å². The molecule has 2 aliphatic rings. The van der Waals surface area contributed by atoms with Crippen molar-refractivity contribution in [1.29, 1.82) is 0 Å². The van der Waals surface area contributed by atoms with Gasteiger partial charge in [-0.15, -0.1) is 23.2 Å². The van der Waals surface area contributed by atoms with Gasteiger partial charge in [-0.1, -0.05) is 116 Å². The predicted octanol–water partition coefficient (Wildman–Crippen LogP) is 7.08. The third kappa shape index (κ3) is 1.81. The first kappa shape index (κ1) is 19.8. The van der Waals surface area contributed by atoms with Crippen molar-refractivity contribution in [3.8, 4) is 0 Å². The first-order chi connectivity index (χ1) is 8.53. The van der Waals surface area contributed by atoms with Crippen molar-refractivity contribution in [3.63, 3.8) is 0 Å². The highest BCUT2D eigenvalue weighted by Crippen LogP contribution is 2.82. The van der Waals surface area contributed by atoms with Crippen molar-refractivity contribution in [2.24, 2.45) is 5.92 Å². The van der Waals surface area contributed by atoms with Crippen molar-refractivity contribution in [3.05, 3.63) is 0 Å². The maximum Gasteiger partial charge on any atom is 0.185 e. The molecule has 2 fully saturated rings.